The molecule has 0 aliphatic heterocycles. The van der Waals surface area contributed by atoms with Gasteiger partial charge in [-0.2, -0.15) is 0 Å². The Kier molecular flexibility index (Phi) is 5.09. The summed E-state index contributed by atoms with van der Waals surface area (Å²) in [5, 5.41) is 0. The lowest BCUT2D eigenvalue weighted by Crippen LogP contribution is -2.03. The van der Waals surface area contributed by atoms with E-state index in [1.807, 2.05) is 6.92 Å². The summed E-state index contributed by atoms with van der Waals surface area (Å²) in [6.45, 7) is 4.18. The van der Waals surface area contributed by atoms with Gasteiger partial charge in [-0.05, 0) is 30.4 Å². The molecule has 0 bridgehead atoms. The zero-order chi connectivity index (χ0) is 11.1. The highest BCUT2D eigenvalue weighted by atomic mass is 16.1. The third-order valence-corrected chi connectivity index (χ3v) is 2.69. The Morgan fingerprint density at radius 1 is 1.27 bits per heavy atom. The summed E-state index contributed by atoms with van der Waals surface area (Å²) in [5.41, 5.74) is 2.75. The molecule has 1 aromatic rings. The molecule has 0 saturated carbocycles. The quantitative estimate of drug-likeness (QED) is 0.649. The first-order chi connectivity index (χ1) is 7.27. The fourth-order valence-electron chi connectivity index (χ4n) is 1.76. The SMILES string of the molecule is CCCCc1ccccc1CC(C)C=O. The molecule has 0 fully saturated rings. The number of aldehydes is 1. The van der Waals surface area contributed by atoms with E-state index in [-0.39, 0.29) is 5.92 Å². The molecule has 0 amide bonds. The van der Waals surface area contributed by atoms with Gasteiger partial charge in [-0.15, -0.1) is 0 Å². The third kappa shape index (κ3) is 3.86. The van der Waals surface area contributed by atoms with E-state index in [1.165, 1.54) is 24.0 Å². The fourth-order valence-corrected chi connectivity index (χ4v) is 1.76. The Labute approximate surface area is 92.5 Å². The maximum atomic E-state index is 10.6. The highest BCUT2D eigenvalue weighted by molar-refractivity contribution is 5.53. The van der Waals surface area contributed by atoms with E-state index in [2.05, 4.69) is 31.2 Å². The number of carbonyl (C=O) groups is 1. The Bertz CT molecular complexity index is 304. The lowest BCUT2D eigenvalue weighted by molar-refractivity contribution is -0.110. The molecule has 1 rings (SSSR count). The second-order valence-corrected chi connectivity index (χ2v) is 4.19. The second-order valence-electron chi connectivity index (χ2n) is 4.19. The molecular weight excluding hydrogens is 184 g/mol. The van der Waals surface area contributed by atoms with E-state index in [0.717, 1.165) is 19.1 Å². The topological polar surface area (TPSA) is 17.1 Å². The Hall–Kier alpha value is -1.11. The molecule has 15 heavy (non-hydrogen) atoms. The van der Waals surface area contributed by atoms with Crippen LogP contribution in [0.25, 0.3) is 0 Å². The van der Waals surface area contributed by atoms with Gasteiger partial charge in [0.25, 0.3) is 0 Å². The van der Waals surface area contributed by atoms with Crippen LogP contribution < -0.4 is 0 Å². The highest BCUT2D eigenvalue weighted by Gasteiger charge is 2.05. The maximum absolute atomic E-state index is 10.6. The number of rotatable bonds is 6. The van der Waals surface area contributed by atoms with Crippen molar-refractivity contribution in [3.05, 3.63) is 35.4 Å². The molecule has 1 atom stereocenters. The summed E-state index contributed by atoms with van der Waals surface area (Å²) in [6, 6.07) is 8.47. The van der Waals surface area contributed by atoms with Gasteiger partial charge in [0.1, 0.15) is 6.29 Å². The Morgan fingerprint density at radius 3 is 2.53 bits per heavy atom. The molecule has 1 nitrogen and oxygen atoms in total. The van der Waals surface area contributed by atoms with Crippen molar-refractivity contribution in [3.63, 3.8) is 0 Å². The zero-order valence-electron chi connectivity index (χ0n) is 9.70. The van der Waals surface area contributed by atoms with Crippen molar-refractivity contribution in [1.29, 1.82) is 0 Å². The first kappa shape index (κ1) is 12.0. The minimum Gasteiger partial charge on any atom is -0.303 e. The number of unbranched alkanes of at least 4 members (excludes halogenated alkanes) is 1. The Morgan fingerprint density at radius 2 is 1.93 bits per heavy atom. The highest BCUT2D eigenvalue weighted by Crippen LogP contribution is 2.15. The summed E-state index contributed by atoms with van der Waals surface area (Å²) in [5.74, 6) is 0.132. The van der Waals surface area contributed by atoms with Crippen LogP contribution >= 0.6 is 0 Å². The lowest BCUT2D eigenvalue weighted by atomic mass is 9.95. The van der Waals surface area contributed by atoms with Crippen LogP contribution in [0, 0.1) is 5.92 Å². The molecule has 0 aliphatic carbocycles. The lowest BCUT2D eigenvalue weighted by Gasteiger charge is -2.10. The summed E-state index contributed by atoms with van der Waals surface area (Å²) in [4.78, 5) is 10.6. The van der Waals surface area contributed by atoms with Crippen molar-refractivity contribution in [3.8, 4) is 0 Å². The van der Waals surface area contributed by atoms with Gasteiger partial charge >= 0.3 is 0 Å². The van der Waals surface area contributed by atoms with Crippen LogP contribution in [0.2, 0.25) is 0 Å². The maximum Gasteiger partial charge on any atom is 0.123 e. The van der Waals surface area contributed by atoms with Crippen molar-refractivity contribution < 1.29 is 4.79 Å². The second kappa shape index (κ2) is 6.39. The molecule has 0 aliphatic rings. The van der Waals surface area contributed by atoms with E-state index in [1.54, 1.807) is 0 Å². The van der Waals surface area contributed by atoms with Gasteiger partial charge in [0.15, 0.2) is 0 Å². The molecule has 1 aromatic carbocycles. The van der Waals surface area contributed by atoms with Crippen molar-refractivity contribution in [2.45, 2.75) is 39.5 Å². The predicted octanol–water partition coefficient (Wildman–Crippen LogP) is 3.41. The van der Waals surface area contributed by atoms with Gasteiger partial charge in [0.2, 0.25) is 0 Å². The van der Waals surface area contributed by atoms with Gasteiger partial charge in [0, 0.05) is 5.92 Å². The molecule has 0 aromatic heterocycles. The first-order valence-electron chi connectivity index (χ1n) is 5.80. The van der Waals surface area contributed by atoms with Gasteiger partial charge in [0.05, 0.1) is 0 Å². The third-order valence-electron chi connectivity index (χ3n) is 2.69. The smallest absolute Gasteiger partial charge is 0.123 e. The minimum absolute atomic E-state index is 0.132. The number of carbonyl (C=O) groups excluding carboxylic acids is 1. The van der Waals surface area contributed by atoms with Crippen LogP contribution in [-0.4, -0.2) is 6.29 Å². The molecule has 0 saturated heterocycles. The number of benzene rings is 1. The molecule has 0 radical (unpaired) electrons. The van der Waals surface area contributed by atoms with Crippen LogP contribution in [0.4, 0.5) is 0 Å². The number of hydrogen-bond donors (Lipinski definition) is 0. The van der Waals surface area contributed by atoms with E-state index in [4.69, 9.17) is 0 Å². The monoisotopic (exact) mass is 204 g/mol. The standard InChI is InChI=1S/C14H20O/c1-3-4-7-13-8-5-6-9-14(13)10-12(2)11-15/h5-6,8-9,11-12H,3-4,7,10H2,1-2H3. The average molecular weight is 204 g/mol. The Balaban J connectivity index is 2.71. The zero-order valence-corrected chi connectivity index (χ0v) is 9.70. The minimum atomic E-state index is 0.132. The van der Waals surface area contributed by atoms with Gasteiger partial charge in [-0.1, -0.05) is 44.5 Å². The van der Waals surface area contributed by atoms with E-state index in [0.29, 0.717) is 0 Å². The van der Waals surface area contributed by atoms with E-state index in [9.17, 15) is 4.79 Å². The number of aryl methyl sites for hydroxylation is 1. The average Bonchev–Trinajstić information content (AvgIpc) is 2.28. The molecule has 0 heterocycles. The van der Waals surface area contributed by atoms with E-state index < -0.39 is 0 Å². The van der Waals surface area contributed by atoms with Crippen molar-refractivity contribution >= 4 is 6.29 Å². The number of hydrogen-bond acceptors (Lipinski definition) is 1. The largest absolute Gasteiger partial charge is 0.303 e. The van der Waals surface area contributed by atoms with Crippen LogP contribution in [0.15, 0.2) is 24.3 Å². The van der Waals surface area contributed by atoms with Crippen LogP contribution in [0.3, 0.4) is 0 Å². The first-order valence-corrected chi connectivity index (χ1v) is 5.80. The van der Waals surface area contributed by atoms with Crippen molar-refractivity contribution in [2.24, 2.45) is 5.92 Å². The molecule has 1 heteroatoms. The molecular formula is C14H20O. The van der Waals surface area contributed by atoms with Gasteiger partial charge < -0.3 is 4.79 Å². The fraction of sp³-hybridized carbons (Fsp3) is 0.500. The van der Waals surface area contributed by atoms with Crippen LogP contribution in [0.5, 0.6) is 0 Å². The predicted molar refractivity (Wildman–Crippen MR) is 64.0 cm³/mol. The summed E-state index contributed by atoms with van der Waals surface area (Å²) in [6.07, 6.45) is 5.50. The summed E-state index contributed by atoms with van der Waals surface area (Å²) >= 11 is 0. The van der Waals surface area contributed by atoms with E-state index >= 15 is 0 Å². The van der Waals surface area contributed by atoms with Gasteiger partial charge in [-0.3, -0.25) is 0 Å². The summed E-state index contributed by atoms with van der Waals surface area (Å²) < 4.78 is 0. The molecule has 0 N–H and O–H groups in total. The van der Waals surface area contributed by atoms with Crippen LogP contribution in [-0.2, 0) is 17.6 Å². The molecule has 1 unspecified atom stereocenters. The summed E-state index contributed by atoms with van der Waals surface area (Å²) in [7, 11) is 0. The van der Waals surface area contributed by atoms with Crippen molar-refractivity contribution in [2.75, 3.05) is 0 Å². The van der Waals surface area contributed by atoms with Crippen LogP contribution in [0.1, 0.15) is 37.8 Å². The normalized spacial score (nSPS) is 12.4. The van der Waals surface area contributed by atoms with Gasteiger partial charge in [-0.25, -0.2) is 0 Å². The van der Waals surface area contributed by atoms with Crippen molar-refractivity contribution in [1.82, 2.24) is 0 Å². The molecule has 0 spiro atoms. The molecule has 82 valence electrons.